The van der Waals surface area contributed by atoms with Crippen molar-refractivity contribution < 1.29 is 9.59 Å². The molecule has 1 atom stereocenters. The van der Waals surface area contributed by atoms with Gasteiger partial charge in [0.15, 0.2) is 11.6 Å². The number of thioether (sulfide) groups is 1. The molecule has 4 nitrogen and oxygen atoms in total. The van der Waals surface area contributed by atoms with Crippen LogP contribution in [0.2, 0.25) is 0 Å². The van der Waals surface area contributed by atoms with Crippen LogP contribution in [0.3, 0.4) is 0 Å². The Kier molecular flexibility index (Phi) is 7.37. The molecule has 0 amide bonds. The Morgan fingerprint density at radius 3 is 2.31 bits per heavy atom. The molecule has 3 rings (SSSR count). The second-order valence-corrected chi connectivity index (χ2v) is 9.10. The Labute approximate surface area is 194 Å². The van der Waals surface area contributed by atoms with Crippen molar-refractivity contribution in [3.8, 4) is 6.07 Å². The molecule has 0 saturated heterocycles. The molecular weight excluding hydrogens is 416 g/mol. The number of hydrogen-bond donors (Lipinski definition) is 1. The van der Waals surface area contributed by atoms with Gasteiger partial charge in [-0.1, -0.05) is 55.1 Å². The van der Waals surface area contributed by atoms with Crippen LogP contribution in [0.1, 0.15) is 59.3 Å². The van der Waals surface area contributed by atoms with E-state index in [1.165, 1.54) is 24.2 Å². The first-order valence-corrected chi connectivity index (χ1v) is 11.7. The fraction of sp³-hybridized carbons (Fsp3) is 0.296. The summed E-state index contributed by atoms with van der Waals surface area (Å²) in [6.07, 6.45) is 0.920. The standard InChI is InChI=1S/C27H28N2O2S/c1-6-20-8-11-21(12-9-20)26-23(14-28)27(29-18(4)25(26)19(5)30)32-15-24(31)22-10-7-16(2)17(3)13-22/h7-13,26,29H,6,15H2,1-5H3/t26-/m1/s1. The Morgan fingerprint density at radius 2 is 1.75 bits per heavy atom. The second-order valence-electron chi connectivity index (χ2n) is 8.11. The van der Waals surface area contributed by atoms with Crippen LogP contribution in [0.25, 0.3) is 0 Å². The fourth-order valence-corrected chi connectivity index (χ4v) is 4.89. The molecule has 0 radical (unpaired) electrons. The third-order valence-electron chi connectivity index (χ3n) is 5.92. The predicted molar refractivity (Wildman–Crippen MR) is 130 cm³/mol. The van der Waals surface area contributed by atoms with Crippen LogP contribution in [0.4, 0.5) is 0 Å². The summed E-state index contributed by atoms with van der Waals surface area (Å²) in [7, 11) is 0. The molecule has 0 aromatic heterocycles. The van der Waals surface area contributed by atoms with E-state index in [2.05, 4.69) is 18.3 Å². The zero-order valence-corrected chi connectivity index (χ0v) is 20.0. The molecule has 2 aromatic carbocycles. The van der Waals surface area contributed by atoms with Gasteiger partial charge in [-0.25, -0.2) is 0 Å². The first-order chi connectivity index (χ1) is 15.3. The van der Waals surface area contributed by atoms with Crippen molar-refractivity contribution >= 4 is 23.3 Å². The van der Waals surface area contributed by atoms with Crippen LogP contribution in [0.5, 0.6) is 0 Å². The number of rotatable bonds is 7. The summed E-state index contributed by atoms with van der Waals surface area (Å²) in [5, 5.41) is 13.9. The molecule has 1 N–H and O–H groups in total. The summed E-state index contributed by atoms with van der Waals surface area (Å²) < 4.78 is 0. The lowest BCUT2D eigenvalue weighted by atomic mass is 9.81. The molecule has 0 spiro atoms. The van der Waals surface area contributed by atoms with Crippen LogP contribution in [0.15, 0.2) is 64.3 Å². The average molecular weight is 445 g/mol. The molecule has 0 unspecified atom stereocenters. The molecule has 0 aliphatic carbocycles. The summed E-state index contributed by atoms with van der Waals surface area (Å²) in [5.74, 6) is -0.292. The van der Waals surface area contributed by atoms with Gasteiger partial charge in [0.2, 0.25) is 0 Å². The van der Waals surface area contributed by atoms with Crippen LogP contribution in [-0.4, -0.2) is 17.3 Å². The first kappa shape index (κ1) is 23.6. The van der Waals surface area contributed by atoms with Gasteiger partial charge in [-0.3, -0.25) is 9.59 Å². The van der Waals surface area contributed by atoms with Gasteiger partial charge >= 0.3 is 0 Å². The minimum atomic E-state index is -0.441. The van der Waals surface area contributed by atoms with Crippen molar-refractivity contribution in [3.63, 3.8) is 0 Å². The van der Waals surface area contributed by atoms with Crippen molar-refractivity contribution in [2.45, 2.75) is 47.0 Å². The van der Waals surface area contributed by atoms with E-state index in [0.717, 1.165) is 28.8 Å². The number of hydrogen-bond acceptors (Lipinski definition) is 5. The molecule has 32 heavy (non-hydrogen) atoms. The van der Waals surface area contributed by atoms with Crippen molar-refractivity contribution in [2.24, 2.45) is 0 Å². The molecule has 0 saturated carbocycles. The molecule has 1 aliphatic heterocycles. The Hall–Kier alpha value is -3.10. The number of benzene rings is 2. The van der Waals surface area contributed by atoms with E-state index >= 15 is 0 Å². The SMILES string of the molecule is CCc1ccc([C@@H]2C(C#N)=C(SCC(=O)c3ccc(C)c(C)c3)NC(C)=C2C(C)=O)cc1. The summed E-state index contributed by atoms with van der Waals surface area (Å²) in [5.41, 5.74) is 6.79. The highest BCUT2D eigenvalue weighted by molar-refractivity contribution is 8.03. The van der Waals surface area contributed by atoms with E-state index in [1.807, 2.05) is 63.2 Å². The van der Waals surface area contributed by atoms with Crippen LogP contribution < -0.4 is 5.32 Å². The van der Waals surface area contributed by atoms with Gasteiger partial charge in [0.05, 0.1) is 28.3 Å². The maximum absolute atomic E-state index is 12.8. The van der Waals surface area contributed by atoms with Gasteiger partial charge in [0.1, 0.15) is 0 Å². The van der Waals surface area contributed by atoms with Gasteiger partial charge in [-0.15, -0.1) is 0 Å². The van der Waals surface area contributed by atoms with Crippen LogP contribution in [0, 0.1) is 25.2 Å². The minimum Gasteiger partial charge on any atom is -0.353 e. The number of dihydropyridines is 1. The maximum Gasteiger partial charge on any atom is 0.173 e. The first-order valence-electron chi connectivity index (χ1n) is 10.7. The number of allylic oxidation sites excluding steroid dienone is 3. The molecule has 1 heterocycles. The largest absolute Gasteiger partial charge is 0.353 e. The van der Waals surface area contributed by atoms with Crippen molar-refractivity contribution in [1.29, 1.82) is 5.26 Å². The summed E-state index contributed by atoms with van der Waals surface area (Å²) >= 11 is 1.32. The van der Waals surface area contributed by atoms with E-state index in [0.29, 0.717) is 21.7 Å². The van der Waals surface area contributed by atoms with E-state index in [1.54, 1.807) is 0 Å². The molecular formula is C27H28N2O2S. The molecule has 1 aliphatic rings. The number of nitrogens with zero attached hydrogens (tertiary/aromatic N) is 1. The van der Waals surface area contributed by atoms with E-state index in [-0.39, 0.29) is 17.3 Å². The number of carbonyl (C=O) groups is 2. The summed E-state index contributed by atoms with van der Waals surface area (Å²) in [6.45, 7) is 9.48. The Morgan fingerprint density at radius 1 is 1.06 bits per heavy atom. The number of ketones is 2. The third kappa shape index (κ3) is 4.87. The topological polar surface area (TPSA) is 70.0 Å². The average Bonchev–Trinajstić information content (AvgIpc) is 2.78. The molecule has 164 valence electrons. The lowest BCUT2D eigenvalue weighted by molar-refractivity contribution is -0.113. The lowest BCUT2D eigenvalue weighted by Crippen LogP contribution is -2.27. The highest BCUT2D eigenvalue weighted by atomic mass is 32.2. The van der Waals surface area contributed by atoms with Gasteiger partial charge in [-0.2, -0.15) is 5.26 Å². The highest BCUT2D eigenvalue weighted by Gasteiger charge is 2.33. The lowest BCUT2D eigenvalue weighted by Gasteiger charge is -2.29. The third-order valence-corrected chi connectivity index (χ3v) is 6.94. The normalized spacial score (nSPS) is 15.9. The number of nitrogens with one attached hydrogen (secondary N) is 1. The van der Waals surface area contributed by atoms with Crippen molar-refractivity contribution in [2.75, 3.05) is 5.75 Å². The summed E-state index contributed by atoms with van der Waals surface area (Å²) in [6, 6.07) is 16.1. The smallest absolute Gasteiger partial charge is 0.173 e. The Balaban J connectivity index is 1.94. The molecule has 0 fully saturated rings. The quantitative estimate of drug-likeness (QED) is 0.549. The van der Waals surface area contributed by atoms with Crippen molar-refractivity contribution in [1.82, 2.24) is 5.32 Å². The predicted octanol–water partition coefficient (Wildman–Crippen LogP) is 5.77. The number of carbonyl (C=O) groups excluding carboxylic acids is 2. The number of nitriles is 1. The highest BCUT2D eigenvalue weighted by Crippen LogP contribution is 2.41. The van der Waals surface area contributed by atoms with Crippen LogP contribution in [-0.2, 0) is 11.2 Å². The monoisotopic (exact) mass is 444 g/mol. The Bertz CT molecular complexity index is 1170. The number of Topliss-reactive ketones (excluding diaryl/α,β-unsaturated/α-hetero) is 2. The molecule has 0 bridgehead atoms. The van der Waals surface area contributed by atoms with Crippen LogP contribution >= 0.6 is 11.8 Å². The fourth-order valence-electron chi connectivity index (χ4n) is 3.91. The zero-order chi connectivity index (χ0) is 23.4. The second kappa shape index (κ2) is 10.0. The van der Waals surface area contributed by atoms with Gasteiger partial charge < -0.3 is 5.32 Å². The van der Waals surface area contributed by atoms with E-state index in [9.17, 15) is 14.9 Å². The minimum absolute atomic E-state index is 0.00698. The maximum atomic E-state index is 12.8. The zero-order valence-electron chi connectivity index (χ0n) is 19.2. The molecule has 2 aromatic rings. The van der Waals surface area contributed by atoms with E-state index < -0.39 is 5.92 Å². The van der Waals surface area contributed by atoms with E-state index in [4.69, 9.17) is 0 Å². The van der Waals surface area contributed by atoms with Gasteiger partial charge in [0.25, 0.3) is 0 Å². The summed E-state index contributed by atoms with van der Waals surface area (Å²) in [4.78, 5) is 25.3. The van der Waals surface area contributed by atoms with Crippen molar-refractivity contribution in [3.05, 3.63) is 92.2 Å². The molecule has 5 heteroatoms. The van der Waals surface area contributed by atoms with Gasteiger partial charge in [-0.05, 0) is 62.4 Å². The van der Waals surface area contributed by atoms with Gasteiger partial charge in [0, 0.05) is 16.8 Å². The number of aryl methyl sites for hydroxylation is 3.